The number of anilines is 1. The first-order valence-electron chi connectivity index (χ1n) is 11.4. The minimum Gasteiger partial charge on any atom is -0.507 e. The number of carbonyl (C=O) groups excluding carboxylic acids is 2. The number of Topliss-reactive ketones (excluding diaryl/α,β-unsaturated/α-hetero) is 1. The van der Waals surface area contributed by atoms with Gasteiger partial charge in [0.15, 0.2) is 17.3 Å². The Labute approximate surface area is 212 Å². The van der Waals surface area contributed by atoms with Gasteiger partial charge in [-0.05, 0) is 41.5 Å². The lowest BCUT2D eigenvalue weighted by molar-refractivity contribution is -0.132. The van der Waals surface area contributed by atoms with Crippen LogP contribution in [0.2, 0.25) is 0 Å². The van der Waals surface area contributed by atoms with Gasteiger partial charge < -0.3 is 23.8 Å². The lowest BCUT2D eigenvalue weighted by Gasteiger charge is -2.24. The zero-order chi connectivity index (χ0) is 26.3. The number of methoxy groups -OCH3 is 3. The van der Waals surface area contributed by atoms with Gasteiger partial charge in [-0.2, -0.15) is 0 Å². The number of hydrogen-bond donors (Lipinski definition) is 1. The first-order chi connectivity index (χ1) is 17.9. The fourth-order valence-electron chi connectivity index (χ4n) is 4.60. The Hall–Kier alpha value is -4.79. The highest BCUT2D eigenvalue weighted by atomic mass is 16.5. The highest BCUT2D eigenvalue weighted by molar-refractivity contribution is 6.51. The molecule has 37 heavy (non-hydrogen) atoms. The molecule has 0 spiro atoms. The Morgan fingerprint density at radius 2 is 1.59 bits per heavy atom. The van der Waals surface area contributed by atoms with E-state index in [1.807, 2.05) is 30.3 Å². The Morgan fingerprint density at radius 3 is 2.19 bits per heavy atom. The molecule has 4 aromatic rings. The van der Waals surface area contributed by atoms with Gasteiger partial charge in [0.05, 0.1) is 32.9 Å². The van der Waals surface area contributed by atoms with E-state index in [1.165, 1.54) is 26.2 Å². The summed E-state index contributed by atoms with van der Waals surface area (Å²) in [6, 6.07) is 16.7. The standard InChI is InChI=1S/C28H24N2O7/c1-15-11-22(29-37-15)30-24(19-13-20(34-2)27(36-4)21(14-19)35-3)23(26(32)28(30)33)25(31)18-10-9-16-7-5-6-8-17(16)12-18/h5-14,24,31H,1-4H3/b25-23+. The monoisotopic (exact) mass is 500 g/mol. The van der Waals surface area contributed by atoms with Crippen LogP contribution in [0.3, 0.4) is 0 Å². The van der Waals surface area contributed by atoms with Gasteiger partial charge in [-0.3, -0.25) is 14.5 Å². The first-order valence-corrected chi connectivity index (χ1v) is 11.4. The van der Waals surface area contributed by atoms with E-state index in [1.54, 1.807) is 37.3 Å². The normalized spacial score (nSPS) is 16.9. The Bertz CT molecular complexity index is 1540. The average Bonchev–Trinajstić information content (AvgIpc) is 3.46. The number of nitrogens with zero attached hydrogens (tertiary/aromatic N) is 2. The molecule has 1 aromatic heterocycles. The van der Waals surface area contributed by atoms with Crippen LogP contribution in [0.1, 0.15) is 22.9 Å². The van der Waals surface area contributed by atoms with Gasteiger partial charge in [-0.1, -0.05) is 41.6 Å². The molecule has 5 rings (SSSR count). The minimum absolute atomic E-state index is 0.102. The molecule has 9 heteroatoms. The van der Waals surface area contributed by atoms with Crippen molar-refractivity contribution >= 4 is 34.0 Å². The van der Waals surface area contributed by atoms with E-state index in [-0.39, 0.29) is 17.2 Å². The number of benzene rings is 3. The molecule has 0 radical (unpaired) electrons. The molecule has 0 saturated carbocycles. The van der Waals surface area contributed by atoms with E-state index in [0.29, 0.717) is 34.1 Å². The second kappa shape index (κ2) is 9.34. The van der Waals surface area contributed by atoms with Crippen molar-refractivity contribution in [3.05, 3.63) is 83.1 Å². The molecule has 1 aliphatic rings. The summed E-state index contributed by atoms with van der Waals surface area (Å²) in [7, 11) is 4.41. The molecule has 3 aromatic carbocycles. The predicted octanol–water partition coefficient (Wildman–Crippen LogP) is 4.79. The molecule has 0 bridgehead atoms. The molecular weight excluding hydrogens is 476 g/mol. The fraction of sp³-hybridized carbons (Fsp3) is 0.179. The number of aromatic nitrogens is 1. The highest BCUT2D eigenvalue weighted by Crippen LogP contribution is 2.47. The molecule has 1 saturated heterocycles. The van der Waals surface area contributed by atoms with Crippen molar-refractivity contribution in [1.29, 1.82) is 0 Å². The van der Waals surface area contributed by atoms with Crippen LogP contribution < -0.4 is 19.1 Å². The van der Waals surface area contributed by atoms with E-state index in [4.69, 9.17) is 18.7 Å². The quantitative estimate of drug-likeness (QED) is 0.229. The fourth-order valence-corrected chi connectivity index (χ4v) is 4.60. The second-order valence-corrected chi connectivity index (χ2v) is 8.49. The van der Waals surface area contributed by atoms with Crippen LogP contribution in [0.15, 0.2) is 70.8 Å². The third-order valence-electron chi connectivity index (χ3n) is 6.33. The number of ketones is 1. The molecule has 1 fully saturated rings. The van der Waals surface area contributed by atoms with E-state index in [0.717, 1.165) is 10.8 Å². The predicted molar refractivity (Wildman–Crippen MR) is 136 cm³/mol. The van der Waals surface area contributed by atoms with E-state index < -0.39 is 17.7 Å². The zero-order valence-electron chi connectivity index (χ0n) is 20.6. The zero-order valence-corrected chi connectivity index (χ0v) is 20.6. The third-order valence-corrected chi connectivity index (χ3v) is 6.33. The summed E-state index contributed by atoms with van der Waals surface area (Å²) in [4.78, 5) is 28.0. The van der Waals surface area contributed by atoms with Gasteiger partial charge in [0.2, 0.25) is 5.75 Å². The van der Waals surface area contributed by atoms with E-state index in [2.05, 4.69) is 5.16 Å². The average molecular weight is 501 g/mol. The summed E-state index contributed by atoms with van der Waals surface area (Å²) in [6.07, 6.45) is 0. The van der Waals surface area contributed by atoms with Gasteiger partial charge in [0.1, 0.15) is 11.5 Å². The minimum atomic E-state index is -1.05. The summed E-state index contributed by atoms with van der Waals surface area (Å²) in [6.45, 7) is 1.68. The number of amides is 1. The van der Waals surface area contributed by atoms with Crippen LogP contribution >= 0.6 is 0 Å². The van der Waals surface area contributed by atoms with Gasteiger partial charge in [-0.25, -0.2) is 0 Å². The third kappa shape index (κ3) is 3.94. The Kier molecular flexibility index (Phi) is 6.04. The maximum absolute atomic E-state index is 13.4. The van der Waals surface area contributed by atoms with Crippen LogP contribution in [-0.4, -0.2) is 43.3 Å². The van der Waals surface area contributed by atoms with Crippen molar-refractivity contribution in [2.45, 2.75) is 13.0 Å². The van der Waals surface area contributed by atoms with Crippen LogP contribution in [0.25, 0.3) is 16.5 Å². The summed E-state index contributed by atoms with van der Waals surface area (Å²) in [5.41, 5.74) is 0.734. The number of fused-ring (bicyclic) bond motifs is 1. The topological polar surface area (TPSA) is 111 Å². The number of rotatable bonds is 6. The van der Waals surface area contributed by atoms with Crippen molar-refractivity contribution in [2.75, 3.05) is 26.2 Å². The number of aliphatic hydroxyl groups excluding tert-OH is 1. The summed E-state index contributed by atoms with van der Waals surface area (Å²) in [5, 5.41) is 17.3. The maximum atomic E-state index is 13.4. The van der Waals surface area contributed by atoms with E-state index in [9.17, 15) is 14.7 Å². The molecule has 1 atom stereocenters. The number of aliphatic hydroxyl groups is 1. The van der Waals surface area contributed by atoms with Crippen molar-refractivity contribution in [1.82, 2.24) is 5.16 Å². The van der Waals surface area contributed by atoms with Crippen LogP contribution in [-0.2, 0) is 9.59 Å². The number of hydrogen-bond acceptors (Lipinski definition) is 8. The van der Waals surface area contributed by atoms with Crippen molar-refractivity contribution in [3.63, 3.8) is 0 Å². The van der Waals surface area contributed by atoms with Gasteiger partial charge in [-0.15, -0.1) is 0 Å². The van der Waals surface area contributed by atoms with E-state index >= 15 is 0 Å². The number of ether oxygens (including phenoxy) is 3. The largest absolute Gasteiger partial charge is 0.507 e. The van der Waals surface area contributed by atoms with Crippen molar-refractivity contribution in [3.8, 4) is 17.2 Å². The summed E-state index contributed by atoms with van der Waals surface area (Å²) >= 11 is 0. The molecule has 1 amide bonds. The van der Waals surface area contributed by atoms with Crippen molar-refractivity contribution < 1.29 is 33.4 Å². The second-order valence-electron chi connectivity index (χ2n) is 8.49. The molecule has 1 N–H and O–H groups in total. The highest BCUT2D eigenvalue weighted by Gasteiger charge is 2.48. The van der Waals surface area contributed by atoms with Crippen molar-refractivity contribution in [2.24, 2.45) is 0 Å². The molecule has 0 aliphatic carbocycles. The lowest BCUT2D eigenvalue weighted by atomic mass is 9.94. The first kappa shape index (κ1) is 23.9. The summed E-state index contributed by atoms with van der Waals surface area (Å²) < 4.78 is 21.6. The molecular formula is C28H24N2O7. The SMILES string of the molecule is COc1cc(C2/C(=C(\O)c3ccc4ccccc4c3)C(=O)C(=O)N2c2cc(C)on2)cc(OC)c1OC. The molecule has 1 aliphatic heterocycles. The molecule has 9 nitrogen and oxygen atoms in total. The molecule has 188 valence electrons. The van der Waals surface area contributed by atoms with Gasteiger partial charge in [0, 0.05) is 11.6 Å². The summed E-state index contributed by atoms with van der Waals surface area (Å²) in [5.74, 6) is -0.442. The number of carbonyl (C=O) groups is 2. The van der Waals surface area contributed by atoms with Crippen LogP contribution in [0.4, 0.5) is 5.82 Å². The van der Waals surface area contributed by atoms with Crippen LogP contribution in [0, 0.1) is 6.92 Å². The smallest absolute Gasteiger partial charge is 0.301 e. The Morgan fingerprint density at radius 1 is 0.919 bits per heavy atom. The molecule has 1 unspecified atom stereocenters. The van der Waals surface area contributed by atoms with Gasteiger partial charge >= 0.3 is 5.91 Å². The lowest BCUT2D eigenvalue weighted by Crippen LogP contribution is -2.29. The molecule has 2 heterocycles. The Balaban J connectivity index is 1.77. The van der Waals surface area contributed by atoms with Gasteiger partial charge in [0.25, 0.3) is 5.78 Å². The number of aryl methyl sites for hydroxylation is 1. The maximum Gasteiger partial charge on any atom is 0.301 e. The van der Waals surface area contributed by atoms with Crippen LogP contribution in [0.5, 0.6) is 17.2 Å².